The topological polar surface area (TPSA) is 54.9 Å². The maximum atomic E-state index is 13.1. The molecule has 1 aliphatic carbocycles. The number of rotatable bonds is 10. The quantitative estimate of drug-likeness (QED) is 0.378. The molecule has 5 nitrogen and oxygen atoms in total. The Morgan fingerprint density at radius 2 is 2.00 bits per heavy atom. The van der Waals surface area contributed by atoms with E-state index < -0.39 is 11.6 Å². The number of guanidine groups is 1. The van der Waals surface area contributed by atoms with Gasteiger partial charge in [-0.25, -0.2) is 8.78 Å². The molecular formula is C19H29F2N3O2. The summed E-state index contributed by atoms with van der Waals surface area (Å²) in [5.74, 6) is -0.742. The van der Waals surface area contributed by atoms with Crippen molar-refractivity contribution in [2.45, 2.75) is 32.6 Å². The normalized spacial score (nSPS) is 16.1. The molecule has 0 aromatic heterocycles. The average molecular weight is 369 g/mol. The van der Waals surface area contributed by atoms with Gasteiger partial charge in [0, 0.05) is 32.9 Å². The van der Waals surface area contributed by atoms with E-state index in [4.69, 9.17) is 14.5 Å². The van der Waals surface area contributed by atoms with Crippen molar-refractivity contribution in [1.82, 2.24) is 10.6 Å². The number of nitrogens with one attached hydrogen (secondary N) is 2. The van der Waals surface area contributed by atoms with Gasteiger partial charge in [0.25, 0.3) is 0 Å². The molecule has 146 valence electrons. The molecule has 0 radical (unpaired) electrons. The summed E-state index contributed by atoms with van der Waals surface area (Å²) in [4.78, 5) is 4.70. The molecule has 1 aromatic carbocycles. The predicted molar refractivity (Wildman–Crippen MR) is 98.6 cm³/mol. The Morgan fingerprint density at radius 1 is 1.19 bits per heavy atom. The molecule has 0 spiro atoms. The Balaban J connectivity index is 1.78. The number of hydrogen-bond acceptors (Lipinski definition) is 3. The second-order valence-corrected chi connectivity index (χ2v) is 6.64. The largest absolute Gasteiger partial charge is 0.492 e. The van der Waals surface area contributed by atoms with Crippen molar-refractivity contribution in [3.63, 3.8) is 0 Å². The average Bonchev–Trinajstić information content (AvgIpc) is 2.60. The molecule has 0 bridgehead atoms. The molecular weight excluding hydrogens is 340 g/mol. The lowest BCUT2D eigenvalue weighted by Gasteiger charge is -2.40. The summed E-state index contributed by atoms with van der Waals surface area (Å²) in [6, 6.07) is 3.51. The van der Waals surface area contributed by atoms with Crippen LogP contribution in [0.15, 0.2) is 23.2 Å². The van der Waals surface area contributed by atoms with Crippen LogP contribution in [0, 0.1) is 17.0 Å². The van der Waals surface area contributed by atoms with Crippen LogP contribution in [-0.4, -0.2) is 45.9 Å². The number of benzene rings is 1. The van der Waals surface area contributed by atoms with Crippen molar-refractivity contribution in [3.05, 3.63) is 29.8 Å². The molecule has 1 aromatic rings. The SMILES string of the molecule is CCNC(=NCC1(CCOC)CCC1)NCCOc1ccc(F)c(F)c1. The van der Waals surface area contributed by atoms with Crippen LogP contribution in [0.5, 0.6) is 5.75 Å². The summed E-state index contributed by atoms with van der Waals surface area (Å²) in [5.41, 5.74) is 0.264. The highest BCUT2D eigenvalue weighted by molar-refractivity contribution is 5.79. The maximum Gasteiger partial charge on any atom is 0.191 e. The van der Waals surface area contributed by atoms with Crippen LogP contribution in [0.25, 0.3) is 0 Å². The molecule has 1 aliphatic rings. The van der Waals surface area contributed by atoms with Gasteiger partial charge in [-0.15, -0.1) is 0 Å². The lowest BCUT2D eigenvalue weighted by atomic mass is 9.67. The monoisotopic (exact) mass is 369 g/mol. The fourth-order valence-electron chi connectivity index (χ4n) is 2.98. The van der Waals surface area contributed by atoms with Gasteiger partial charge < -0.3 is 20.1 Å². The first-order chi connectivity index (χ1) is 12.6. The fraction of sp³-hybridized carbons (Fsp3) is 0.632. The molecule has 0 saturated heterocycles. The van der Waals surface area contributed by atoms with E-state index in [1.165, 1.54) is 25.3 Å². The smallest absolute Gasteiger partial charge is 0.191 e. The summed E-state index contributed by atoms with van der Waals surface area (Å²) in [7, 11) is 1.73. The van der Waals surface area contributed by atoms with E-state index in [1.807, 2.05) is 6.92 Å². The van der Waals surface area contributed by atoms with Crippen molar-refractivity contribution in [3.8, 4) is 5.75 Å². The van der Waals surface area contributed by atoms with Gasteiger partial charge >= 0.3 is 0 Å². The van der Waals surface area contributed by atoms with E-state index in [-0.39, 0.29) is 5.41 Å². The second kappa shape index (κ2) is 10.3. The molecule has 1 saturated carbocycles. The fourth-order valence-corrected chi connectivity index (χ4v) is 2.98. The third kappa shape index (κ3) is 6.12. The van der Waals surface area contributed by atoms with Crippen LogP contribution >= 0.6 is 0 Å². The van der Waals surface area contributed by atoms with E-state index in [0.29, 0.717) is 18.9 Å². The van der Waals surface area contributed by atoms with E-state index in [1.54, 1.807) is 7.11 Å². The third-order valence-electron chi connectivity index (χ3n) is 4.72. The molecule has 0 heterocycles. The zero-order valence-electron chi connectivity index (χ0n) is 15.6. The molecule has 0 amide bonds. The Kier molecular flexibility index (Phi) is 8.09. The zero-order chi connectivity index (χ0) is 18.8. The maximum absolute atomic E-state index is 13.1. The lowest BCUT2D eigenvalue weighted by molar-refractivity contribution is 0.0778. The van der Waals surface area contributed by atoms with Crippen molar-refractivity contribution in [2.24, 2.45) is 10.4 Å². The first-order valence-electron chi connectivity index (χ1n) is 9.17. The van der Waals surface area contributed by atoms with Gasteiger partial charge in [-0.05, 0) is 43.7 Å². The first-order valence-corrected chi connectivity index (χ1v) is 9.17. The zero-order valence-corrected chi connectivity index (χ0v) is 15.6. The predicted octanol–water partition coefficient (Wildman–Crippen LogP) is 3.11. The molecule has 0 unspecified atom stereocenters. The Hall–Kier alpha value is -1.89. The van der Waals surface area contributed by atoms with E-state index in [9.17, 15) is 8.78 Å². The summed E-state index contributed by atoms with van der Waals surface area (Å²) in [6.45, 7) is 5.15. The molecule has 2 rings (SSSR count). The van der Waals surface area contributed by atoms with E-state index in [0.717, 1.165) is 44.2 Å². The Bertz CT molecular complexity index is 592. The van der Waals surface area contributed by atoms with Gasteiger partial charge in [0.05, 0.1) is 6.54 Å². The number of ether oxygens (including phenoxy) is 2. The van der Waals surface area contributed by atoms with E-state index in [2.05, 4.69) is 10.6 Å². The standard InChI is InChI=1S/C19H29F2N3O2/c1-3-22-18(24-14-19(7-4-8-19)9-11-25-2)23-10-12-26-15-5-6-16(20)17(21)13-15/h5-6,13H,3-4,7-12,14H2,1-2H3,(H2,22,23,24). The molecule has 0 atom stereocenters. The van der Waals surface area contributed by atoms with Gasteiger partial charge in [-0.2, -0.15) is 0 Å². The highest BCUT2D eigenvalue weighted by atomic mass is 19.2. The third-order valence-corrected chi connectivity index (χ3v) is 4.72. The van der Waals surface area contributed by atoms with Crippen LogP contribution in [0.1, 0.15) is 32.6 Å². The summed E-state index contributed by atoms with van der Waals surface area (Å²) in [5, 5.41) is 6.43. The molecule has 1 fully saturated rings. The highest BCUT2D eigenvalue weighted by Gasteiger charge is 2.36. The Labute approximate surface area is 154 Å². The van der Waals surface area contributed by atoms with Crippen molar-refractivity contribution < 1.29 is 18.3 Å². The summed E-state index contributed by atoms with van der Waals surface area (Å²) < 4.78 is 36.7. The molecule has 26 heavy (non-hydrogen) atoms. The van der Waals surface area contributed by atoms with Crippen LogP contribution in [0.2, 0.25) is 0 Å². The number of methoxy groups -OCH3 is 1. The van der Waals surface area contributed by atoms with Crippen LogP contribution in [0.3, 0.4) is 0 Å². The van der Waals surface area contributed by atoms with Crippen molar-refractivity contribution in [2.75, 3.05) is 40.0 Å². The number of halogens is 2. The molecule has 2 N–H and O–H groups in total. The van der Waals surface area contributed by atoms with Crippen molar-refractivity contribution in [1.29, 1.82) is 0 Å². The van der Waals surface area contributed by atoms with Gasteiger partial charge in [-0.3, -0.25) is 4.99 Å². The second-order valence-electron chi connectivity index (χ2n) is 6.64. The van der Waals surface area contributed by atoms with Gasteiger partial charge in [0.2, 0.25) is 0 Å². The van der Waals surface area contributed by atoms with Crippen LogP contribution in [-0.2, 0) is 4.74 Å². The number of aliphatic imine (C=N–C) groups is 1. The summed E-state index contributed by atoms with van der Waals surface area (Å²) in [6.07, 6.45) is 4.67. The number of hydrogen-bond donors (Lipinski definition) is 2. The first kappa shape index (κ1) is 20.4. The van der Waals surface area contributed by atoms with Crippen LogP contribution in [0.4, 0.5) is 8.78 Å². The minimum atomic E-state index is -0.910. The van der Waals surface area contributed by atoms with Crippen molar-refractivity contribution >= 4 is 5.96 Å². The van der Waals surface area contributed by atoms with Gasteiger partial charge in [0.1, 0.15) is 12.4 Å². The summed E-state index contributed by atoms with van der Waals surface area (Å²) >= 11 is 0. The van der Waals surface area contributed by atoms with Gasteiger partial charge in [-0.1, -0.05) is 6.42 Å². The lowest BCUT2D eigenvalue weighted by Crippen LogP contribution is -2.41. The minimum Gasteiger partial charge on any atom is -0.492 e. The van der Waals surface area contributed by atoms with Crippen LogP contribution < -0.4 is 15.4 Å². The Morgan fingerprint density at radius 3 is 2.62 bits per heavy atom. The minimum absolute atomic E-state index is 0.264. The van der Waals surface area contributed by atoms with Gasteiger partial charge in [0.15, 0.2) is 17.6 Å². The number of nitrogens with zero attached hydrogens (tertiary/aromatic N) is 1. The highest BCUT2D eigenvalue weighted by Crippen LogP contribution is 2.44. The molecule has 7 heteroatoms. The van der Waals surface area contributed by atoms with E-state index >= 15 is 0 Å². The molecule has 0 aliphatic heterocycles.